The van der Waals surface area contributed by atoms with Crippen molar-refractivity contribution < 1.29 is 28.2 Å². The number of carboxylic acid groups (broad SMARTS) is 1. The van der Waals surface area contributed by atoms with Crippen LogP contribution < -0.4 is 9.47 Å². The van der Waals surface area contributed by atoms with E-state index < -0.39 is 17.6 Å². The molecule has 0 atom stereocenters. The molecule has 0 aliphatic carbocycles. The van der Waals surface area contributed by atoms with Crippen LogP contribution in [0.2, 0.25) is 0 Å². The van der Waals surface area contributed by atoms with Crippen LogP contribution in [0.1, 0.15) is 15.9 Å². The van der Waals surface area contributed by atoms with Gasteiger partial charge in [-0.05, 0) is 29.8 Å². The second kappa shape index (κ2) is 6.21. The van der Waals surface area contributed by atoms with Crippen molar-refractivity contribution >= 4 is 5.97 Å². The number of benzene rings is 2. The lowest BCUT2D eigenvalue weighted by molar-refractivity contribution is 0.0693. The maximum atomic E-state index is 13.0. The highest BCUT2D eigenvalue weighted by molar-refractivity contribution is 5.91. The Balaban J connectivity index is 2.14. The number of carboxylic acids is 1. The number of hydrogen-bond donors (Lipinski definition) is 1. The highest BCUT2D eigenvalue weighted by atomic mass is 19.2. The van der Waals surface area contributed by atoms with Gasteiger partial charge in [0.15, 0.2) is 11.6 Å². The van der Waals surface area contributed by atoms with E-state index in [4.69, 9.17) is 14.6 Å². The van der Waals surface area contributed by atoms with Gasteiger partial charge in [-0.3, -0.25) is 0 Å². The van der Waals surface area contributed by atoms with Crippen molar-refractivity contribution in [3.05, 3.63) is 59.2 Å². The van der Waals surface area contributed by atoms with Gasteiger partial charge in [-0.1, -0.05) is 6.07 Å². The van der Waals surface area contributed by atoms with Gasteiger partial charge in [0, 0.05) is 6.07 Å². The van der Waals surface area contributed by atoms with E-state index >= 15 is 0 Å². The van der Waals surface area contributed by atoms with Crippen LogP contribution in [0.3, 0.4) is 0 Å². The van der Waals surface area contributed by atoms with E-state index in [1.165, 1.54) is 25.3 Å². The number of hydrogen-bond acceptors (Lipinski definition) is 3. The monoisotopic (exact) mass is 294 g/mol. The minimum atomic E-state index is -1.12. The fraction of sp³-hybridized carbons (Fsp3) is 0.133. The smallest absolute Gasteiger partial charge is 0.339 e. The summed E-state index contributed by atoms with van der Waals surface area (Å²) in [7, 11) is 1.37. The fourth-order valence-electron chi connectivity index (χ4n) is 1.75. The average molecular weight is 294 g/mol. The quantitative estimate of drug-likeness (QED) is 0.919. The van der Waals surface area contributed by atoms with Gasteiger partial charge in [-0.25, -0.2) is 13.6 Å². The van der Waals surface area contributed by atoms with Crippen LogP contribution in [0.15, 0.2) is 36.4 Å². The second-order valence-corrected chi connectivity index (χ2v) is 4.20. The van der Waals surface area contributed by atoms with Gasteiger partial charge >= 0.3 is 5.97 Å². The van der Waals surface area contributed by atoms with Crippen molar-refractivity contribution in [1.82, 2.24) is 0 Å². The Morgan fingerprint density at radius 3 is 2.52 bits per heavy atom. The first-order valence-corrected chi connectivity index (χ1v) is 5.99. The summed E-state index contributed by atoms with van der Waals surface area (Å²) >= 11 is 0. The number of aromatic carboxylic acids is 1. The number of rotatable bonds is 5. The predicted octanol–water partition coefficient (Wildman–Crippen LogP) is 3.25. The van der Waals surface area contributed by atoms with Crippen LogP contribution in [-0.2, 0) is 6.61 Å². The second-order valence-electron chi connectivity index (χ2n) is 4.20. The van der Waals surface area contributed by atoms with Crippen LogP contribution >= 0.6 is 0 Å². The van der Waals surface area contributed by atoms with Crippen molar-refractivity contribution in [3.8, 4) is 11.5 Å². The average Bonchev–Trinajstić information content (AvgIpc) is 2.48. The third-order valence-corrected chi connectivity index (χ3v) is 2.79. The number of halogens is 2. The van der Waals surface area contributed by atoms with Crippen LogP contribution in [0.25, 0.3) is 0 Å². The van der Waals surface area contributed by atoms with Crippen molar-refractivity contribution in [3.63, 3.8) is 0 Å². The molecule has 21 heavy (non-hydrogen) atoms. The van der Waals surface area contributed by atoms with Gasteiger partial charge < -0.3 is 14.6 Å². The van der Waals surface area contributed by atoms with Gasteiger partial charge in [0.1, 0.15) is 23.7 Å². The van der Waals surface area contributed by atoms with Gasteiger partial charge in [-0.2, -0.15) is 0 Å². The van der Waals surface area contributed by atoms with Crippen LogP contribution in [0.4, 0.5) is 8.78 Å². The molecular formula is C15H12F2O4. The molecule has 0 aromatic heterocycles. The fourth-order valence-corrected chi connectivity index (χ4v) is 1.75. The maximum absolute atomic E-state index is 13.0. The predicted molar refractivity (Wildman–Crippen MR) is 70.6 cm³/mol. The van der Waals surface area contributed by atoms with E-state index in [0.717, 1.165) is 12.1 Å². The highest BCUT2D eigenvalue weighted by Gasteiger charge is 2.12. The molecule has 0 saturated heterocycles. The van der Waals surface area contributed by atoms with E-state index in [0.29, 0.717) is 5.56 Å². The van der Waals surface area contributed by atoms with E-state index in [9.17, 15) is 13.6 Å². The normalized spacial score (nSPS) is 10.2. The highest BCUT2D eigenvalue weighted by Crippen LogP contribution is 2.22. The van der Waals surface area contributed by atoms with E-state index in [1.54, 1.807) is 6.07 Å². The first-order chi connectivity index (χ1) is 10.0. The molecule has 0 bridgehead atoms. The molecule has 6 heteroatoms. The summed E-state index contributed by atoms with van der Waals surface area (Å²) in [6.07, 6.45) is 0. The Kier molecular flexibility index (Phi) is 4.37. The molecule has 0 radical (unpaired) electrons. The molecule has 0 saturated carbocycles. The zero-order chi connectivity index (χ0) is 15.4. The van der Waals surface area contributed by atoms with Crippen LogP contribution in [0.5, 0.6) is 11.5 Å². The number of carbonyl (C=O) groups is 1. The maximum Gasteiger partial charge on any atom is 0.339 e. The Labute approximate surface area is 119 Å². The van der Waals surface area contributed by atoms with Crippen molar-refractivity contribution in [2.45, 2.75) is 6.61 Å². The molecule has 110 valence electrons. The van der Waals surface area contributed by atoms with Gasteiger partial charge in [-0.15, -0.1) is 0 Å². The molecule has 0 amide bonds. The molecule has 0 unspecified atom stereocenters. The Morgan fingerprint density at radius 2 is 1.90 bits per heavy atom. The molecule has 0 aliphatic heterocycles. The molecule has 0 spiro atoms. The van der Waals surface area contributed by atoms with E-state index in [-0.39, 0.29) is 23.7 Å². The first-order valence-electron chi connectivity index (χ1n) is 5.99. The SMILES string of the molecule is COc1ccc(COc2ccc(F)c(F)c2)cc1C(=O)O. The Bertz CT molecular complexity index is 671. The lowest BCUT2D eigenvalue weighted by Crippen LogP contribution is -2.03. The van der Waals surface area contributed by atoms with Gasteiger partial charge in [0.2, 0.25) is 0 Å². The summed E-state index contributed by atoms with van der Waals surface area (Å²) in [4.78, 5) is 11.1. The topological polar surface area (TPSA) is 55.8 Å². The molecule has 0 aliphatic rings. The molecule has 0 heterocycles. The van der Waals surface area contributed by atoms with E-state index in [1.807, 2.05) is 0 Å². The zero-order valence-electron chi connectivity index (χ0n) is 11.1. The number of methoxy groups -OCH3 is 1. The van der Waals surface area contributed by atoms with Gasteiger partial charge in [0.05, 0.1) is 7.11 Å². The molecule has 1 N–H and O–H groups in total. The number of ether oxygens (including phenoxy) is 2. The van der Waals surface area contributed by atoms with Crippen LogP contribution in [0, 0.1) is 11.6 Å². The summed E-state index contributed by atoms with van der Waals surface area (Å²) in [5, 5.41) is 9.06. The molecule has 2 aromatic rings. The zero-order valence-corrected chi connectivity index (χ0v) is 11.1. The Hall–Kier alpha value is -2.63. The Morgan fingerprint density at radius 1 is 1.14 bits per heavy atom. The largest absolute Gasteiger partial charge is 0.496 e. The molecule has 2 rings (SSSR count). The summed E-state index contributed by atoms with van der Waals surface area (Å²) in [5.41, 5.74) is 0.571. The molecule has 0 fully saturated rings. The lowest BCUT2D eigenvalue weighted by atomic mass is 10.1. The summed E-state index contributed by atoms with van der Waals surface area (Å²) < 4.78 is 36.0. The summed E-state index contributed by atoms with van der Waals surface area (Å²) in [6.45, 7) is 0.0232. The standard InChI is InChI=1S/C15H12F2O4/c1-20-14-5-2-9(6-11(14)15(18)19)8-21-10-3-4-12(16)13(17)7-10/h2-7H,8H2,1H3,(H,18,19). The minimum Gasteiger partial charge on any atom is -0.496 e. The summed E-state index contributed by atoms with van der Waals surface area (Å²) in [5.74, 6) is -2.70. The first kappa shape index (κ1) is 14.8. The van der Waals surface area contributed by atoms with Crippen LogP contribution in [-0.4, -0.2) is 18.2 Å². The van der Waals surface area contributed by atoms with Crippen molar-refractivity contribution in [2.24, 2.45) is 0 Å². The molecule has 4 nitrogen and oxygen atoms in total. The minimum absolute atomic E-state index is 0.00360. The van der Waals surface area contributed by atoms with Gasteiger partial charge in [0.25, 0.3) is 0 Å². The third kappa shape index (κ3) is 3.47. The molecular weight excluding hydrogens is 282 g/mol. The lowest BCUT2D eigenvalue weighted by Gasteiger charge is -2.09. The van der Waals surface area contributed by atoms with E-state index in [2.05, 4.69) is 0 Å². The van der Waals surface area contributed by atoms with Crippen molar-refractivity contribution in [2.75, 3.05) is 7.11 Å². The van der Waals surface area contributed by atoms with Crippen molar-refractivity contribution in [1.29, 1.82) is 0 Å². The summed E-state index contributed by atoms with van der Waals surface area (Å²) in [6, 6.07) is 7.72. The molecule has 2 aromatic carbocycles. The third-order valence-electron chi connectivity index (χ3n) is 2.79.